The van der Waals surface area contributed by atoms with Gasteiger partial charge in [0, 0.05) is 37.9 Å². The molecule has 2 aliphatic heterocycles. The fourth-order valence-corrected chi connectivity index (χ4v) is 11.7. The molecule has 1 N–H and O–H groups in total. The van der Waals surface area contributed by atoms with Crippen molar-refractivity contribution in [1.82, 2.24) is 4.90 Å². The van der Waals surface area contributed by atoms with Crippen LogP contribution in [0.5, 0.6) is 0 Å². The third kappa shape index (κ3) is 5.51. The largest absolute Gasteiger partial charge is 1.00 e. The maximum Gasteiger partial charge on any atom is 0.303 e. The van der Waals surface area contributed by atoms with Crippen LogP contribution in [0.1, 0.15) is 91.4 Å². The monoisotopic (exact) mass is 636 g/mol. The van der Waals surface area contributed by atoms with E-state index in [1.165, 1.54) is 64.5 Å². The molecule has 6 rings (SSSR count). The predicted octanol–water partition coefficient (Wildman–Crippen LogP) is 2.19. The van der Waals surface area contributed by atoms with Crippen molar-refractivity contribution in [3.8, 4) is 0 Å². The molecule has 0 bridgehead atoms. The Morgan fingerprint density at radius 3 is 2.41 bits per heavy atom. The number of halogens is 1. The molecule has 0 aromatic rings. The second kappa shape index (κ2) is 12.5. The van der Waals surface area contributed by atoms with Crippen molar-refractivity contribution in [2.75, 3.05) is 45.9 Å². The van der Waals surface area contributed by atoms with Crippen molar-refractivity contribution in [3.63, 3.8) is 0 Å². The Balaban J connectivity index is 0.00000337. The van der Waals surface area contributed by atoms with Gasteiger partial charge in [-0.2, -0.15) is 0 Å². The Bertz CT molecular complexity index is 934. The lowest BCUT2D eigenvalue weighted by atomic mass is 9.44. The van der Waals surface area contributed by atoms with Crippen LogP contribution >= 0.6 is 0 Å². The van der Waals surface area contributed by atoms with E-state index in [1.807, 2.05) is 0 Å². The summed E-state index contributed by atoms with van der Waals surface area (Å²) in [4.78, 5) is 15.2. The minimum atomic E-state index is -0.211. The molecule has 6 fully saturated rings. The van der Waals surface area contributed by atoms with Crippen LogP contribution in [0, 0.1) is 34.5 Å². The molecule has 41 heavy (non-hydrogen) atoms. The number of rotatable bonds is 5. The molecule has 4 saturated carbocycles. The summed E-state index contributed by atoms with van der Waals surface area (Å²) in [6, 6.07) is 0.648. The molecule has 0 radical (unpaired) electrons. The number of aliphatic hydroxyl groups is 1. The Hall–Kier alpha value is -0.470. The average Bonchev–Trinajstić information content (AvgIpc) is 3.06. The number of hydrogen-bond acceptors (Lipinski definition) is 5. The first-order valence-electron chi connectivity index (χ1n) is 16.9. The summed E-state index contributed by atoms with van der Waals surface area (Å²) in [5.74, 6) is 2.52. The highest BCUT2D eigenvalue weighted by molar-refractivity contribution is 5.66. The van der Waals surface area contributed by atoms with E-state index in [0.29, 0.717) is 29.7 Å². The van der Waals surface area contributed by atoms with Gasteiger partial charge in [0.25, 0.3) is 0 Å². The molecule has 0 amide bonds. The van der Waals surface area contributed by atoms with Crippen LogP contribution in [0.2, 0.25) is 0 Å². The molecule has 234 valence electrons. The van der Waals surface area contributed by atoms with Crippen molar-refractivity contribution < 1.29 is 40.8 Å². The highest BCUT2D eigenvalue weighted by Gasteiger charge is 2.67. The molecule has 2 saturated heterocycles. The van der Waals surface area contributed by atoms with E-state index in [9.17, 15) is 9.90 Å². The van der Waals surface area contributed by atoms with Gasteiger partial charge in [0.15, 0.2) is 6.10 Å². The van der Waals surface area contributed by atoms with E-state index in [-0.39, 0.29) is 52.0 Å². The number of morpholine rings is 1. The second-order valence-corrected chi connectivity index (χ2v) is 15.3. The van der Waals surface area contributed by atoms with E-state index < -0.39 is 0 Å². The number of nitrogens with zero attached hydrogens (tertiary/aromatic N) is 2. The molecular weight excluding hydrogens is 580 g/mol. The predicted molar refractivity (Wildman–Crippen MR) is 158 cm³/mol. The lowest BCUT2D eigenvalue weighted by Gasteiger charge is -2.62. The summed E-state index contributed by atoms with van der Waals surface area (Å²) in [5.41, 5.74) is 0.328. The topological polar surface area (TPSA) is 59.0 Å². The number of fused-ring (bicyclic) bond motifs is 5. The van der Waals surface area contributed by atoms with Gasteiger partial charge in [-0.3, -0.25) is 9.69 Å². The standard InChI is InChI=1S/C34H57N2O4.BrH/c1-5-16-36(17-8-6-7-9-18-36)30-22-28-26-11-10-25-21-31(38)29(35-14-19-39-20-15-35)23-34(25,4)27(26)12-13-33(28,3)32(30)40-24(2)37;/h5,25-32,38H,1,6-23H2,2-4H3;1H/q+1;/p-1/t25-,26?,27?,28?,29-,30-,31-,32-,33-,34-;/m0./s1. The van der Waals surface area contributed by atoms with Crippen LogP contribution in [0.25, 0.3) is 0 Å². The first kappa shape index (κ1) is 31.9. The number of carbonyl (C=O) groups excluding carboxylic acids is 1. The van der Waals surface area contributed by atoms with Gasteiger partial charge in [0.05, 0.1) is 39.0 Å². The van der Waals surface area contributed by atoms with Crippen molar-refractivity contribution in [3.05, 3.63) is 12.7 Å². The van der Waals surface area contributed by atoms with Gasteiger partial charge in [-0.15, -0.1) is 0 Å². The summed E-state index contributed by atoms with van der Waals surface area (Å²) >= 11 is 0. The molecule has 7 heteroatoms. The summed E-state index contributed by atoms with van der Waals surface area (Å²) in [6.45, 7) is 17.8. The molecule has 4 aliphatic carbocycles. The van der Waals surface area contributed by atoms with Gasteiger partial charge >= 0.3 is 5.97 Å². The van der Waals surface area contributed by atoms with Crippen LogP contribution in [0.15, 0.2) is 12.7 Å². The molecule has 6 aliphatic rings. The summed E-state index contributed by atoms with van der Waals surface area (Å²) in [7, 11) is 0. The van der Waals surface area contributed by atoms with E-state index in [4.69, 9.17) is 9.47 Å². The molecular formula is C34H57BrN2O4. The van der Waals surface area contributed by atoms with Crippen LogP contribution in [0.3, 0.4) is 0 Å². The lowest BCUT2D eigenvalue weighted by molar-refractivity contribution is -0.948. The molecule has 3 unspecified atom stereocenters. The zero-order valence-corrected chi connectivity index (χ0v) is 27.7. The van der Waals surface area contributed by atoms with E-state index in [2.05, 4.69) is 31.4 Å². The maximum atomic E-state index is 12.6. The number of esters is 1. The summed E-state index contributed by atoms with van der Waals surface area (Å²) in [5, 5.41) is 11.3. The fraction of sp³-hybridized carbons (Fsp3) is 0.912. The molecule has 0 spiro atoms. The first-order valence-corrected chi connectivity index (χ1v) is 16.9. The summed E-state index contributed by atoms with van der Waals surface area (Å²) in [6.07, 6.45) is 15.3. The highest BCUT2D eigenvalue weighted by atomic mass is 79.9. The van der Waals surface area contributed by atoms with E-state index >= 15 is 0 Å². The molecule has 6 nitrogen and oxygen atoms in total. The van der Waals surface area contributed by atoms with Crippen molar-refractivity contribution in [1.29, 1.82) is 0 Å². The Kier molecular flexibility index (Phi) is 9.73. The number of carbonyl (C=O) groups is 1. The van der Waals surface area contributed by atoms with E-state index in [1.54, 1.807) is 6.92 Å². The zero-order valence-electron chi connectivity index (χ0n) is 26.1. The average molecular weight is 638 g/mol. The maximum absolute atomic E-state index is 12.6. The normalized spacial score (nSPS) is 46.1. The van der Waals surface area contributed by atoms with Gasteiger partial charge in [-0.25, -0.2) is 0 Å². The van der Waals surface area contributed by atoms with Crippen LogP contribution in [-0.2, 0) is 14.3 Å². The third-order valence-corrected chi connectivity index (χ3v) is 13.6. The third-order valence-electron chi connectivity index (χ3n) is 13.6. The number of quaternary nitrogens is 1. The number of likely N-dealkylation sites (tertiary alicyclic amines) is 1. The number of ether oxygens (including phenoxy) is 2. The number of aliphatic hydroxyl groups excluding tert-OH is 1. The second-order valence-electron chi connectivity index (χ2n) is 15.3. The van der Waals surface area contributed by atoms with Gasteiger partial charge < -0.3 is 36.0 Å². The van der Waals surface area contributed by atoms with Crippen molar-refractivity contribution >= 4 is 5.97 Å². The minimum absolute atomic E-state index is 0. The molecule has 0 aromatic carbocycles. The zero-order chi connectivity index (χ0) is 28.1. The van der Waals surface area contributed by atoms with Crippen LogP contribution < -0.4 is 17.0 Å². The Morgan fingerprint density at radius 2 is 1.76 bits per heavy atom. The van der Waals surface area contributed by atoms with Crippen molar-refractivity contribution in [2.45, 2.75) is 116 Å². The molecule has 10 atom stereocenters. The fourth-order valence-electron chi connectivity index (χ4n) is 11.7. The van der Waals surface area contributed by atoms with E-state index in [0.717, 1.165) is 56.6 Å². The highest BCUT2D eigenvalue weighted by Crippen LogP contribution is 2.67. The number of hydrogen-bond donors (Lipinski definition) is 1. The minimum Gasteiger partial charge on any atom is -1.00 e. The van der Waals surface area contributed by atoms with Crippen LogP contribution in [0.4, 0.5) is 0 Å². The molecule has 2 heterocycles. The van der Waals surface area contributed by atoms with Crippen molar-refractivity contribution in [2.24, 2.45) is 34.5 Å². The SMILES string of the molecule is C=CC[N+]1([C@H]2CC3C4CC[C@H]5C[C@H](O)[C@@H](N6CCOCC6)C[C@]5(C)C4CC[C@]3(C)[C@H]2OC(C)=O)CCCCCC1.[Br-]. The Morgan fingerprint density at radius 1 is 1.05 bits per heavy atom. The summed E-state index contributed by atoms with van der Waals surface area (Å²) < 4.78 is 13.2. The lowest BCUT2D eigenvalue weighted by Crippen LogP contribution is -3.00. The quantitative estimate of drug-likeness (QED) is 0.285. The Labute approximate surface area is 259 Å². The van der Waals surface area contributed by atoms with Gasteiger partial charge in [0.1, 0.15) is 6.04 Å². The van der Waals surface area contributed by atoms with Gasteiger partial charge in [0.2, 0.25) is 0 Å². The van der Waals surface area contributed by atoms with Gasteiger partial charge in [-0.1, -0.05) is 20.4 Å². The van der Waals surface area contributed by atoms with Crippen LogP contribution in [-0.4, -0.2) is 90.7 Å². The molecule has 0 aromatic heterocycles. The smallest absolute Gasteiger partial charge is 0.303 e. The van der Waals surface area contributed by atoms with Gasteiger partial charge in [-0.05, 0) is 99.4 Å². The first-order chi connectivity index (χ1) is 19.2.